The molecule has 0 aliphatic heterocycles. The Labute approximate surface area is 112 Å². The number of urea groups is 1. The second-order valence-corrected chi connectivity index (χ2v) is 5.33. The first kappa shape index (κ1) is 14.8. The van der Waals surface area contributed by atoms with Gasteiger partial charge in [0.25, 0.3) is 0 Å². The van der Waals surface area contributed by atoms with Gasteiger partial charge in [0.05, 0.1) is 0 Å². The molecule has 0 heterocycles. The highest BCUT2D eigenvalue weighted by Gasteiger charge is 2.19. The number of aliphatic hydroxyl groups excluding tert-OH is 1. The Bertz CT molecular complexity index is 433. The number of benzene rings is 1. The topological polar surface area (TPSA) is 61.4 Å². The summed E-state index contributed by atoms with van der Waals surface area (Å²) in [5.74, 6) is 0. The van der Waals surface area contributed by atoms with Crippen LogP contribution >= 0.6 is 11.6 Å². The van der Waals surface area contributed by atoms with Gasteiger partial charge in [-0.05, 0) is 51.0 Å². The summed E-state index contributed by atoms with van der Waals surface area (Å²) >= 11 is 5.85. The minimum absolute atomic E-state index is 0.0350. The van der Waals surface area contributed by atoms with Crippen LogP contribution in [0.4, 0.5) is 10.5 Å². The van der Waals surface area contributed by atoms with E-state index in [1.165, 1.54) is 0 Å². The number of carbonyl (C=O) groups is 1. The van der Waals surface area contributed by atoms with E-state index >= 15 is 0 Å². The molecule has 0 fully saturated rings. The summed E-state index contributed by atoms with van der Waals surface area (Å²) in [6.45, 7) is 5.63. The molecule has 4 nitrogen and oxygen atoms in total. The number of aryl methyl sites for hydroxylation is 1. The summed E-state index contributed by atoms with van der Waals surface area (Å²) in [5.41, 5.74) is 1.17. The normalized spacial score (nSPS) is 11.2. The minimum atomic E-state index is -0.445. The summed E-state index contributed by atoms with van der Waals surface area (Å²) in [6.07, 6.45) is 0.500. The van der Waals surface area contributed by atoms with E-state index in [0.29, 0.717) is 11.4 Å². The molecule has 2 amide bonds. The molecular formula is C13H19ClN2O2. The van der Waals surface area contributed by atoms with Crippen LogP contribution in [0.15, 0.2) is 18.2 Å². The number of amides is 2. The molecule has 5 heteroatoms. The molecule has 1 rings (SSSR count). The van der Waals surface area contributed by atoms with Crippen LogP contribution in [0.5, 0.6) is 0 Å². The summed E-state index contributed by atoms with van der Waals surface area (Å²) < 4.78 is 0. The van der Waals surface area contributed by atoms with Gasteiger partial charge in [0.15, 0.2) is 0 Å². The molecule has 0 atom stereocenters. The van der Waals surface area contributed by atoms with E-state index in [0.717, 1.165) is 11.3 Å². The number of anilines is 1. The molecule has 18 heavy (non-hydrogen) atoms. The first-order valence-corrected chi connectivity index (χ1v) is 6.18. The third kappa shape index (κ3) is 4.55. The first-order valence-electron chi connectivity index (χ1n) is 5.80. The molecule has 3 N–H and O–H groups in total. The predicted octanol–water partition coefficient (Wildman–Crippen LogP) is 2.93. The van der Waals surface area contributed by atoms with Crippen LogP contribution in [0.25, 0.3) is 0 Å². The van der Waals surface area contributed by atoms with Gasteiger partial charge >= 0.3 is 6.03 Å². The molecule has 0 saturated heterocycles. The molecule has 0 unspecified atom stereocenters. The molecule has 100 valence electrons. The molecular weight excluding hydrogens is 252 g/mol. The summed E-state index contributed by atoms with van der Waals surface area (Å²) in [4.78, 5) is 11.8. The number of halogens is 1. The van der Waals surface area contributed by atoms with Crippen molar-refractivity contribution in [3.05, 3.63) is 28.8 Å². The van der Waals surface area contributed by atoms with Crippen molar-refractivity contribution in [2.45, 2.75) is 32.7 Å². The molecule has 0 aliphatic rings. The van der Waals surface area contributed by atoms with Crippen molar-refractivity contribution in [2.75, 3.05) is 11.9 Å². The Morgan fingerprint density at radius 2 is 2.11 bits per heavy atom. The lowest BCUT2D eigenvalue weighted by molar-refractivity contribution is 0.218. The van der Waals surface area contributed by atoms with E-state index in [2.05, 4.69) is 10.6 Å². The van der Waals surface area contributed by atoms with Crippen molar-refractivity contribution in [3.8, 4) is 0 Å². The van der Waals surface area contributed by atoms with Crippen LogP contribution in [-0.2, 0) is 0 Å². The SMILES string of the molecule is Cc1cc(Cl)ccc1NC(=O)NC(C)(C)CCO. The maximum atomic E-state index is 11.8. The number of hydrogen-bond donors (Lipinski definition) is 3. The number of aliphatic hydroxyl groups is 1. The van der Waals surface area contributed by atoms with Gasteiger partial charge in [-0.25, -0.2) is 4.79 Å². The Kier molecular flexibility index (Phi) is 4.99. The average molecular weight is 271 g/mol. The van der Waals surface area contributed by atoms with Crippen LogP contribution in [0, 0.1) is 6.92 Å². The van der Waals surface area contributed by atoms with Gasteiger partial charge < -0.3 is 15.7 Å². The molecule has 0 saturated carbocycles. The van der Waals surface area contributed by atoms with E-state index in [-0.39, 0.29) is 12.6 Å². The maximum absolute atomic E-state index is 11.8. The quantitative estimate of drug-likeness (QED) is 0.788. The summed E-state index contributed by atoms with van der Waals surface area (Å²) in [7, 11) is 0. The van der Waals surface area contributed by atoms with E-state index in [1.807, 2.05) is 20.8 Å². The lowest BCUT2D eigenvalue weighted by atomic mass is 10.0. The Morgan fingerprint density at radius 1 is 1.44 bits per heavy atom. The van der Waals surface area contributed by atoms with Gasteiger partial charge in [-0.2, -0.15) is 0 Å². The van der Waals surface area contributed by atoms with Crippen LogP contribution in [0.3, 0.4) is 0 Å². The molecule has 1 aromatic carbocycles. The fourth-order valence-corrected chi connectivity index (χ4v) is 1.80. The van der Waals surface area contributed by atoms with E-state index in [1.54, 1.807) is 18.2 Å². The third-order valence-electron chi connectivity index (χ3n) is 2.63. The van der Waals surface area contributed by atoms with Crippen molar-refractivity contribution >= 4 is 23.3 Å². The third-order valence-corrected chi connectivity index (χ3v) is 2.86. The van der Waals surface area contributed by atoms with E-state index in [9.17, 15) is 4.79 Å². The standard InChI is InChI=1S/C13H19ClN2O2/c1-9-8-10(14)4-5-11(9)15-12(18)16-13(2,3)6-7-17/h4-5,8,17H,6-7H2,1-3H3,(H2,15,16,18). The summed E-state index contributed by atoms with van der Waals surface area (Å²) in [6, 6.07) is 4.98. The molecule has 0 radical (unpaired) electrons. The first-order chi connectivity index (χ1) is 8.34. The Morgan fingerprint density at radius 3 is 2.67 bits per heavy atom. The second kappa shape index (κ2) is 6.07. The highest BCUT2D eigenvalue weighted by Crippen LogP contribution is 2.19. The van der Waals surface area contributed by atoms with E-state index in [4.69, 9.17) is 16.7 Å². The molecule has 0 bridgehead atoms. The highest BCUT2D eigenvalue weighted by molar-refractivity contribution is 6.30. The predicted molar refractivity (Wildman–Crippen MR) is 74.1 cm³/mol. The number of rotatable bonds is 4. The molecule has 0 aliphatic carbocycles. The zero-order valence-corrected chi connectivity index (χ0v) is 11.6. The lowest BCUT2D eigenvalue weighted by Crippen LogP contribution is -2.46. The number of hydrogen-bond acceptors (Lipinski definition) is 2. The van der Waals surface area contributed by atoms with Gasteiger partial charge in [0.2, 0.25) is 0 Å². The molecule has 0 spiro atoms. The van der Waals surface area contributed by atoms with Crippen molar-refractivity contribution < 1.29 is 9.90 Å². The fraction of sp³-hybridized carbons (Fsp3) is 0.462. The van der Waals surface area contributed by atoms with Gasteiger partial charge in [-0.15, -0.1) is 0 Å². The number of nitrogens with one attached hydrogen (secondary N) is 2. The fourth-order valence-electron chi connectivity index (χ4n) is 1.57. The smallest absolute Gasteiger partial charge is 0.319 e. The zero-order chi connectivity index (χ0) is 13.8. The minimum Gasteiger partial charge on any atom is -0.396 e. The molecule has 0 aromatic heterocycles. The maximum Gasteiger partial charge on any atom is 0.319 e. The van der Waals surface area contributed by atoms with Gasteiger partial charge in [0, 0.05) is 22.9 Å². The average Bonchev–Trinajstić information content (AvgIpc) is 2.21. The zero-order valence-electron chi connectivity index (χ0n) is 10.9. The Hall–Kier alpha value is -1.26. The van der Waals surface area contributed by atoms with Crippen molar-refractivity contribution in [1.82, 2.24) is 5.32 Å². The van der Waals surface area contributed by atoms with Crippen LogP contribution in [0.2, 0.25) is 5.02 Å². The van der Waals surface area contributed by atoms with Gasteiger partial charge in [-0.1, -0.05) is 11.6 Å². The van der Waals surface area contributed by atoms with Crippen LogP contribution in [-0.4, -0.2) is 23.3 Å². The number of carbonyl (C=O) groups excluding carboxylic acids is 1. The highest BCUT2D eigenvalue weighted by atomic mass is 35.5. The second-order valence-electron chi connectivity index (χ2n) is 4.90. The monoisotopic (exact) mass is 270 g/mol. The van der Waals surface area contributed by atoms with E-state index < -0.39 is 5.54 Å². The van der Waals surface area contributed by atoms with Crippen molar-refractivity contribution in [2.24, 2.45) is 0 Å². The van der Waals surface area contributed by atoms with Crippen LogP contribution < -0.4 is 10.6 Å². The largest absolute Gasteiger partial charge is 0.396 e. The molecule has 1 aromatic rings. The Balaban J connectivity index is 2.65. The lowest BCUT2D eigenvalue weighted by Gasteiger charge is -2.25. The van der Waals surface area contributed by atoms with Crippen LogP contribution in [0.1, 0.15) is 25.8 Å². The van der Waals surface area contributed by atoms with Crippen molar-refractivity contribution in [1.29, 1.82) is 0 Å². The van der Waals surface area contributed by atoms with Crippen molar-refractivity contribution in [3.63, 3.8) is 0 Å². The van der Waals surface area contributed by atoms with Gasteiger partial charge in [-0.3, -0.25) is 0 Å². The summed E-state index contributed by atoms with van der Waals surface area (Å²) in [5, 5.41) is 15.1. The van der Waals surface area contributed by atoms with Gasteiger partial charge in [0.1, 0.15) is 0 Å².